The zero-order valence-electron chi connectivity index (χ0n) is 19.5. The Hall–Kier alpha value is -2.39. The van der Waals surface area contributed by atoms with Gasteiger partial charge >= 0.3 is 0 Å². The van der Waals surface area contributed by atoms with Gasteiger partial charge in [0.2, 0.25) is 15.9 Å². The van der Waals surface area contributed by atoms with Gasteiger partial charge in [-0.3, -0.25) is 4.79 Å². The molecule has 1 aromatic heterocycles. The number of nitrogens with zero attached hydrogens (tertiary/aromatic N) is 2. The molecular weight excluding hydrogens is 430 g/mol. The molecule has 1 fully saturated rings. The van der Waals surface area contributed by atoms with Crippen LogP contribution in [0.25, 0.3) is 0 Å². The molecule has 0 saturated carbocycles. The molecule has 2 aromatic rings. The number of aromatic nitrogens is 1. The molecule has 0 aliphatic carbocycles. The fourth-order valence-electron chi connectivity index (χ4n) is 3.89. The molecular formula is C23H33N3O5S. The molecule has 1 aliphatic heterocycles. The first-order chi connectivity index (χ1) is 15.0. The van der Waals surface area contributed by atoms with Crippen molar-refractivity contribution in [2.24, 2.45) is 5.92 Å². The van der Waals surface area contributed by atoms with Crippen molar-refractivity contribution in [2.75, 3.05) is 26.2 Å². The normalized spacial score (nSPS) is 17.8. The highest BCUT2D eigenvalue weighted by Gasteiger charge is 2.36. The van der Waals surface area contributed by atoms with Crippen molar-refractivity contribution < 1.29 is 22.5 Å². The molecule has 176 valence electrons. The predicted octanol–water partition coefficient (Wildman–Crippen LogP) is 3.18. The topological polar surface area (TPSA) is 102 Å². The average Bonchev–Trinajstić information content (AvgIpc) is 3.09. The van der Waals surface area contributed by atoms with Crippen LogP contribution in [0.3, 0.4) is 0 Å². The third-order valence-corrected chi connectivity index (χ3v) is 7.82. The SMILES string of the molecule is Cc1noc(C)c1S(=O)(=O)N1CCCC(C(=O)NCCOc2ccc(C(C)(C)C)cc2)C1. The van der Waals surface area contributed by atoms with Gasteiger partial charge in [-0.1, -0.05) is 38.1 Å². The number of aryl methyl sites for hydroxylation is 2. The van der Waals surface area contributed by atoms with E-state index >= 15 is 0 Å². The first-order valence-electron chi connectivity index (χ1n) is 10.9. The van der Waals surface area contributed by atoms with E-state index in [4.69, 9.17) is 9.26 Å². The van der Waals surface area contributed by atoms with E-state index in [1.165, 1.54) is 9.87 Å². The van der Waals surface area contributed by atoms with Crippen molar-refractivity contribution in [1.82, 2.24) is 14.8 Å². The van der Waals surface area contributed by atoms with E-state index in [1.807, 2.05) is 24.3 Å². The zero-order chi connectivity index (χ0) is 23.5. The van der Waals surface area contributed by atoms with Gasteiger partial charge in [0.25, 0.3) is 0 Å². The van der Waals surface area contributed by atoms with Gasteiger partial charge in [0.1, 0.15) is 22.9 Å². The molecule has 1 saturated heterocycles. The highest BCUT2D eigenvalue weighted by Crippen LogP contribution is 2.28. The van der Waals surface area contributed by atoms with Gasteiger partial charge < -0.3 is 14.6 Å². The van der Waals surface area contributed by atoms with Crippen LogP contribution >= 0.6 is 0 Å². The number of benzene rings is 1. The molecule has 0 radical (unpaired) electrons. The second kappa shape index (κ2) is 9.62. The molecule has 1 amide bonds. The highest BCUT2D eigenvalue weighted by molar-refractivity contribution is 7.89. The fourth-order valence-corrected chi connectivity index (χ4v) is 5.70. The molecule has 8 nitrogen and oxygen atoms in total. The molecule has 1 atom stereocenters. The Morgan fingerprint density at radius 3 is 2.53 bits per heavy atom. The Kier molecular flexibility index (Phi) is 7.29. The quantitative estimate of drug-likeness (QED) is 0.633. The van der Waals surface area contributed by atoms with Gasteiger partial charge in [-0.25, -0.2) is 8.42 Å². The van der Waals surface area contributed by atoms with Crippen molar-refractivity contribution in [3.8, 4) is 5.75 Å². The van der Waals surface area contributed by atoms with Crippen molar-refractivity contribution in [3.63, 3.8) is 0 Å². The molecule has 0 bridgehead atoms. The zero-order valence-corrected chi connectivity index (χ0v) is 20.3. The van der Waals surface area contributed by atoms with E-state index in [1.54, 1.807) is 13.8 Å². The van der Waals surface area contributed by atoms with Crippen LogP contribution in [0.5, 0.6) is 5.75 Å². The van der Waals surface area contributed by atoms with E-state index in [9.17, 15) is 13.2 Å². The summed E-state index contributed by atoms with van der Waals surface area (Å²) in [5, 5.41) is 6.62. The number of rotatable bonds is 7. The Morgan fingerprint density at radius 1 is 1.25 bits per heavy atom. The molecule has 1 unspecified atom stereocenters. The summed E-state index contributed by atoms with van der Waals surface area (Å²) >= 11 is 0. The Morgan fingerprint density at radius 2 is 1.94 bits per heavy atom. The summed E-state index contributed by atoms with van der Waals surface area (Å²) < 4.78 is 38.2. The van der Waals surface area contributed by atoms with Gasteiger partial charge in [0.05, 0.1) is 12.5 Å². The van der Waals surface area contributed by atoms with E-state index in [0.29, 0.717) is 38.2 Å². The number of nitrogens with one attached hydrogen (secondary N) is 1. The number of amides is 1. The molecule has 0 spiro atoms. The fraction of sp³-hybridized carbons (Fsp3) is 0.565. The van der Waals surface area contributed by atoms with Gasteiger partial charge in [-0.15, -0.1) is 0 Å². The Balaban J connectivity index is 1.50. The summed E-state index contributed by atoms with van der Waals surface area (Å²) in [6.07, 6.45) is 1.27. The molecule has 3 rings (SSSR count). The van der Waals surface area contributed by atoms with Crippen LogP contribution in [0, 0.1) is 19.8 Å². The maximum atomic E-state index is 13.0. The number of ether oxygens (including phenoxy) is 1. The molecule has 1 N–H and O–H groups in total. The van der Waals surface area contributed by atoms with Crippen LogP contribution in [0.1, 0.15) is 50.6 Å². The van der Waals surface area contributed by atoms with Gasteiger partial charge in [-0.05, 0) is 49.8 Å². The number of carbonyl (C=O) groups excluding carboxylic acids is 1. The lowest BCUT2D eigenvalue weighted by Crippen LogP contribution is -2.46. The minimum Gasteiger partial charge on any atom is -0.492 e. The number of carbonyl (C=O) groups is 1. The van der Waals surface area contributed by atoms with E-state index in [0.717, 1.165) is 5.75 Å². The highest BCUT2D eigenvalue weighted by atomic mass is 32.2. The minimum atomic E-state index is -3.75. The number of sulfonamides is 1. The van der Waals surface area contributed by atoms with Gasteiger partial charge in [0.15, 0.2) is 5.76 Å². The Labute approximate surface area is 190 Å². The largest absolute Gasteiger partial charge is 0.492 e. The molecule has 2 heterocycles. The summed E-state index contributed by atoms with van der Waals surface area (Å²) in [6.45, 7) is 10.9. The lowest BCUT2D eigenvalue weighted by molar-refractivity contribution is -0.126. The second-order valence-corrected chi connectivity index (χ2v) is 11.1. The summed E-state index contributed by atoms with van der Waals surface area (Å²) in [5.74, 6) is 0.462. The van der Waals surface area contributed by atoms with E-state index in [-0.39, 0.29) is 28.5 Å². The number of piperidine rings is 1. The van der Waals surface area contributed by atoms with Gasteiger partial charge in [-0.2, -0.15) is 4.31 Å². The lowest BCUT2D eigenvalue weighted by Gasteiger charge is -2.31. The average molecular weight is 464 g/mol. The maximum Gasteiger partial charge on any atom is 0.248 e. The van der Waals surface area contributed by atoms with Crippen molar-refractivity contribution in [3.05, 3.63) is 41.3 Å². The molecule has 1 aliphatic rings. The van der Waals surface area contributed by atoms with Crippen molar-refractivity contribution >= 4 is 15.9 Å². The van der Waals surface area contributed by atoms with Crippen LogP contribution in [0.4, 0.5) is 0 Å². The number of hydrogen-bond acceptors (Lipinski definition) is 6. The summed E-state index contributed by atoms with van der Waals surface area (Å²) in [7, 11) is -3.75. The monoisotopic (exact) mass is 463 g/mol. The third-order valence-electron chi connectivity index (χ3n) is 5.71. The lowest BCUT2D eigenvalue weighted by atomic mass is 9.87. The first-order valence-corrected chi connectivity index (χ1v) is 12.4. The first kappa shape index (κ1) is 24.3. The van der Waals surface area contributed by atoms with Crippen LogP contribution in [0.2, 0.25) is 0 Å². The Bertz CT molecular complexity index is 1020. The standard InChI is InChI=1S/C23H33N3O5S/c1-16-21(17(2)31-25-16)32(28,29)26-13-6-7-18(15-26)22(27)24-12-14-30-20-10-8-19(9-11-20)23(3,4)5/h8-11,18H,6-7,12-15H2,1-5H3,(H,24,27). The van der Waals surface area contributed by atoms with Crippen molar-refractivity contribution in [1.29, 1.82) is 0 Å². The maximum absolute atomic E-state index is 13.0. The number of hydrogen-bond donors (Lipinski definition) is 1. The molecule has 1 aromatic carbocycles. The smallest absolute Gasteiger partial charge is 0.248 e. The summed E-state index contributed by atoms with van der Waals surface area (Å²) in [4.78, 5) is 12.7. The summed E-state index contributed by atoms with van der Waals surface area (Å²) in [5.41, 5.74) is 1.65. The third kappa shape index (κ3) is 5.50. The van der Waals surface area contributed by atoms with Crippen LogP contribution in [-0.4, -0.2) is 50.0 Å². The van der Waals surface area contributed by atoms with Crippen LogP contribution in [-0.2, 0) is 20.2 Å². The predicted molar refractivity (Wildman–Crippen MR) is 121 cm³/mol. The second-order valence-electron chi connectivity index (χ2n) is 9.27. The van der Waals surface area contributed by atoms with E-state index < -0.39 is 15.9 Å². The minimum absolute atomic E-state index is 0.0827. The summed E-state index contributed by atoms with van der Waals surface area (Å²) in [6, 6.07) is 7.95. The molecule has 9 heteroatoms. The van der Waals surface area contributed by atoms with Gasteiger partial charge in [0, 0.05) is 13.1 Å². The van der Waals surface area contributed by atoms with Crippen molar-refractivity contribution in [2.45, 2.75) is 57.8 Å². The molecule has 32 heavy (non-hydrogen) atoms. The van der Waals surface area contributed by atoms with E-state index in [2.05, 4.69) is 31.2 Å². The van der Waals surface area contributed by atoms with Crippen LogP contribution < -0.4 is 10.1 Å². The van der Waals surface area contributed by atoms with Crippen LogP contribution in [0.15, 0.2) is 33.7 Å².